The summed E-state index contributed by atoms with van der Waals surface area (Å²) in [6, 6.07) is 0. The van der Waals surface area contributed by atoms with Gasteiger partial charge in [-0.1, -0.05) is 46.8 Å². The van der Waals surface area contributed by atoms with Crippen LogP contribution in [-0.2, 0) is 0 Å². The molecule has 1 aliphatic rings. The monoisotopic (exact) mass is 191 g/mol. The van der Waals surface area contributed by atoms with Gasteiger partial charge in [-0.15, -0.1) is 0 Å². The van der Waals surface area contributed by atoms with Crippen molar-refractivity contribution in [2.24, 2.45) is 16.3 Å². The number of nitrogens with zero attached hydrogens (tertiary/aromatic N) is 1. The molecule has 0 unspecified atom stereocenters. The average Bonchev–Trinajstić information content (AvgIpc) is 2.23. The Kier molecular flexibility index (Phi) is 3.30. The van der Waals surface area contributed by atoms with Gasteiger partial charge in [-0.05, 0) is 17.9 Å². The quantitative estimate of drug-likeness (QED) is 0.626. The molecule has 0 saturated carbocycles. The first-order valence-electron chi connectivity index (χ1n) is 5.43. The van der Waals surface area contributed by atoms with Gasteiger partial charge in [-0.3, -0.25) is 4.99 Å². The van der Waals surface area contributed by atoms with Gasteiger partial charge >= 0.3 is 0 Å². The van der Waals surface area contributed by atoms with Crippen LogP contribution >= 0.6 is 0 Å². The first-order chi connectivity index (χ1) is 6.44. The predicted molar refractivity (Wildman–Crippen MR) is 63.6 cm³/mol. The lowest BCUT2D eigenvalue weighted by atomic mass is 9.87. The van der Waals surface area contributed by atoms with Gasteiger partial charge in [0.2, 0.25) is 0 Å². The van der Waals surface area contributed by atoms with Gasteiger partial charge in [-0.2, -0.15) is 0 Å². The Morgan fingerprint density at radius 3 is 2.43 bits per heavy atom. The Balaban J connectivity index is 3.03. The van der Waals surface area contributed by atoms with E-state index in [0.717, 1.165) is 6.42 Å². The predicted octanol–water partition coefficient (Wildman–Crippen LogP) is 3.97. The van der Waals surface area contributed by atoms with Crippen molar-refractivity contribution in [2.75, 3.05) is 0 Å². The third kappa shape index (κ3) is 2.83. The fourth-order valence-corrected chi connectivity index (χ4v) is 1.64. The Hall–Kier alpha value is -0.850. The molecule has 78 valence electrons. The van der Waals surface area contributed by atoms with Crippen LogP contribution in [0, 0.1) is 11.3 Å². The van der Waals surface area contributed by atoms with Crippen LogP contribution in [0.3, 0.4) is 0 Å². The molecule has 0 atom stereocenters. The van der Waals surface area contributed by atoms with Crippen LogP contribution in [0.1, 0.15) is 41.0 Å². The van der Waals surface area contributed by atoms with E-state index < -0.39 is 0 Å². The van der Waals surface area contributed by atoms with E-state index in [4.69, 9.17) is 0 Å². The number of aliphatic imine (C=N–C) groups is 1. The van der Waals surface area contributed by atoms with Crippen LogP contribution < -0.4 is 0 Å². The van der Waals surface area contributed by atoms with Crippen molar-refractivity contribution in [3.05, 3.63) is 23.4 Å². The first-order valence-corrected chi connectivity index (χ1v) is 5.43. The second kappa shape index (κ2) is 4.12. The zero-order valence-electron chi connectivity index (χ0n) is 9.96. The van der Waals surface area contributed by atoms with Crippen molar-refractivity contribution in [1.29, 1.82) is 0 Å². The maximum atomic E-state index is 4.51. The Bertz CT molecular complexity index is 290. The smallest absolute Gasteiger partial charge is 0.0369 e. The summed E-state index contributed by atoms with van der Waals surface area (Å²) < 4.78 is 0. The summed E-state index contributed by atoms with van der Waals surface area (Å²) in [4.78, 5) is 4.51. The van der Waals surface area contributed by atoms with Crippen LogP contribution in [0.25, 0.3) is 0 Å². The third-order valence-corrected chi connectivity index (χ3v) is 2.49. The van der Waals surface area contributed by atoms with Crippen molar-refractivity contribution in [2.45, 2.75) is 41.0 Å². The maximum absolute atomic E-state index is 4.51. The summed E-state index contributed by atoms with van der Waals surface area (Å²) >= 11 is 0. The van der Waals surface area contributed by atoms with Crippen LogP contribution in [-0.4, -0.2) is 6.21 Å². The van der Waals surface area contributed by atoms with E-state index in [9.17, 15) is 0 Å². The van der Waals surface area contributed by atoms with Crippen LogP contribution in [0.2, 0.25) is 0 Å². The van der Waals surface area contributed by atoms with Crippen molar-refractivity contribution in [3.8, 4) is 0 Å². The molecule has 0 aromatic rings. The molecule has 0 aromatic carbocycles. The van der Waals surface area contributed by atoms with E-state index >= 15 is 0 Å². The van der Waals surface area contributed by atoms with Crippen LogP contribution in [0.5, 0.6) is 0 Å². The van der Waals surface area contributed by atoms with Crippen molar-refractivity contribution < 1.29 is 0 Å². The fourth-order valence-electron chi connectivity index (χ4n) is 1.64. The van der Waals surface area contributed by atoms with Crippen LogP contribution in [0.15, 0.2) is 28.4 Å². The average molecular weight is 191 g/mol. The largest absolute Gasteiger partial charge is 0.261 e. The maximum Gasteiger partial charge on any atom is 0.0369 e. The number of hydrogen-bond acceptors (Lipinski definition) is 1. The van der Waals surface area contributed by atoms with E-state index in [1.807, 2.05) is 6.21 Å². The summed E-state index contributed by atoms with van der Waals surface area (Å²) in [6.07, 6.45) is 7.62. The highest BCUT2D eigenvalue weighted by atomic mass is 14.7. The van der Waals surface area contributed by atoms with Gasteiger partial charge in [0.05, 0.1) is 0 Å². The third-order valence-electron chi connectivity index (χ3n) is 2.49. The highest BCUT2D eigenvalue weighted by Crippen LogP contribution is 2.28. The molecule has 0 saturated heterocycles. The molecule has 0 fully saturated rings. The van der Waals surface area contributed by atoms with Crippen molar-refractivity contribution in [1.82, 2.24) is 0 Å². The lowest BCUT2D eigenvalue weighted by Crippen LogP contribution is -2.06. The lowest BCUT2D eigenvalue weighted by molar-refractivity contribution is 0.607. The first kappa shape index (κ1) is 11.2. The molecule has 14 heavy (non-hydrogen) atoms. The summed E-state index contributed by atoms with van der Waals surface area (Å²) in [5.74, 6) is 0.558. The molecule has 1 aliphatic heterocycles. The van der Waals surface area contributed by atoms with Gasteiger partial charge in [0.1, 0.15) is 0 Å². The molecule has 1 heterocycles. The molecule has 0 radical (unpaired) electrons. The molecular weight excluding hydrogens is 170 g/mol. The second-order valence-electron chi connectivity index (χ2n) is 4.87. The molecule has 0 amide bonds. The van der Waals surface area contributed by atoms with Crippen LogP contribution in [0.4, 0.5) is 0 Å². The van der Waals surface area contributed by atoms with Gasteiger partial charge in [0.15, 0.2) is 0 Å². The van der Waals surface area contributed by atoms with E-state index in [1.165, 1.54) is 11.3 Å². The van der Waals surface area contributed by atoms with E-state index in [-0.39, 0.29) is 5.41 Å². The molecule has 0 N–H and O–H groups in total. The van der Waals surface area contributed by atoms with E-state index in [2.05, 4.69) is 51.8 Å². The molecule has 0 aromatic heterocycles. The highest BCUT2D eigenvalue weighted by molar-refractivity contribution is 5.80. The number of rotatable bonds is 2. The molecule has 0 spiro atoms. The Labute approximate surface area is 87.6 Å². The molecular formula is C13H21N. The zero-order valence-corrected chi connectivity index (χ0v) is 9.96. The SMILES string of the molecule is CCC1=CC(C)(C)C=C(C(C)C)C=N1. The van der Waals surface area contributed by atoms with Gasteiger partial charge < -0.3 is 0 Å². The topological polar surface area (TPSA) is 12.4 Å². The molecule has 1 nitrogen and oxygen atoms in total. The number of hydrogen-bond donors (Lipinski definition) is 0. The molecule has 0 aliphatic carbocycles. The molecule has 1 rings (SSSR count). The van der Waals surface area contributed by atoms with E-state index in [1.54, 1.807) is 0 Å². The Morgan fingerprint density at radius 1 is 1.29 bits per heavy atom. The summed E-state index contributed by atoms with van der Waals surface area (Å²) in [6.45, 7) is 11.1. The van der Waals surface area contributed by atoms with Gasteiger partial charge in [0, 0.05) is 17.3 Å². The van der Waals surface area contributed by atoms with Crippen molar-refractivity contribution >= 4 is 6.21 Å². The minimum Gasteiger partial charge on any atom is -0.261 e. The second-order valence-corrected chi connectivity index (χ2v) is 4.87. The number of allylic oxidation sites excluding steroid dienone is 4. The summed E-state index contributed by atoms with van der Waals surface area (Å²) in [7, 11) is 0. The lowest BCUT2D eigenvalue weighted by Gasteiger charge is -2.17. The van der Waals surface area contributed by atoms with Gasteiger partial charge in [-0.25, -0.2) is 0 Å². The van der Waals surface area contributed by atoms with E-state index in [0.29, 0.717) is 5.92 Å². The normalized spacial score (nSPS) is 20.4. The summed E-state index contributed by atoms with van der Waals surface area (Å²) in [5, 5.41) is 0. The standard InChI is InChI=1S/C13H21N/c1-6-12-8-13(4,5)7-11(9-14-12)10(2)3/h7-10H,6H2,1-5H3. The fraction of sp³-hybridized carbons (Fsp3) is 0.615. The summed E-state index contributed by atoms with van der Waals surface area (Å²) in [5.41, 5.74) is 2.68. The highest BCUT2D eigenvalue weighted by Gasteiger charge is 2.16. The minimum absolute atomic E-state index is 0.140. The Morgan fingerprint density at radius 2 is 1.93 bits per heavy atom. The minimum atomic E-state index is 0.140. The van der Waals surface area contributed by atoms with Crippen molar-refractivity contribution in [3.63, 3.8) is 0 Å². The van der Waals surface area contributed by atoms with Gasteiger partial charge in [0.25, 0.3) is 0 Å². The zero-order chi connectivity index (χ0) is 10.8. The molecule has 0 bridgehead atoms. The molecule has 1 heteroatoms.